The first-order valence-electron chi connectivity index (χ1n) is 12.9. The lowest BCUT2D eigenvalue weighted by Crippen LogP contribution is -2.30. The number of aliphatic hydroxyl groups excluding tert-OH is 1. The Kier molecular flexibility index (Phi) is 11.7. The van der Waals surface area contributed by atoms with Crippen molar-refractivity contribution < 1.29 is 14.6 Å². The van der Waals surface area contributed by atoms with Crippen molar-refractivity contribution in [2.45, 2.75) is 103 Å². The largest absolute Gasteiger partial charge is 0.463 e. The van der Waals surface area contributed by atoms with Gasteiger partial charge >= 0.3 is 5.97 Å². The Morgan fingerprint density at radius 2 is 1.63 bits per heavy atom. The normalized spacial score (nSPS) is 27.1. The van der Waals surface area contributed by atoms with E-state index in [4.69, 9.17) is 4.74 Å². The molecule has 0 aromatic carbocycles. The number of rotatable bonds is 18. The summed E-state index contributed by atoms with van der Waals surface area (Å²) in [7, 11) is 3.79. The van der Waals surface area contributed by atoms with Gasteiger partial charge in [0.1, 0.15) is 12.7 Å². The summed E-state index contributed by atoms with van der Waals surface area (Å²) in [5, 5.41) is 9.70. The molecule has 176 valence electrons. The van der Waals surface area contributed by atoms with Crippen LogP contribution in [0.2, 0.25) is 0 Å². The summed E-state index contributed by atoms with van der Waals surface area (Å²) >= 11 is 0. The Balaban J connectivity index is 1.35. The van der Waals surface area contributed by atoms with Crippen LogP contribution in [0, 0.1) is 29.6 Å². The summed E-state index contributed by atoms with van der Waals surface area (Å²) in [4.78, 5) is 13.6. The van der Waals surface area contributed by atoms with Crippen LogP contribution < -0.4 is 0 Å². The van der Waals surface area contributed by atoms with E-state index in [2.05, 4.69) is 13.8 Å². The molecule has 2 aliphatic rings. The van der Waals surface area contributed by atoms with Crippen LogP contribution in [-0.4, -0.2) is 49.3 Å². The fourth-order valence-corrected chi connectivity index (χ4v) is 4.94. The van der Waals surface area contributed by atoms with Crippen molar-refractivity contribution in [1.82, 2.24) is 4.90 Å². The molecule has 4 heteroatoms. The molecular formula is C26H49NO3. The fraction of sp³-hybridized carbons (Fsp3) is 0.962. The molecule has 4 nitrogen and oxygen atoms in total. The summed E-state index contributed by atoms with van der Waals surface area (Å²) in [5.74, 6) is 4.99. The Morgan fingerprint density at radius 1 is 1.00 bits per heavy atom. The predicted molar refractivity (Wildman–Crippen MR) is 124 cm³/mol. The standard InChI is InChI=1S/C26H49NO3/c1-5-20(2)13-14-22-16-24(22)17-23-15-21(23)11-9-7-6-8-10-12-26(29)30-19-25(28)18-27(3)4/h20-25,28H,5-19H2,1-4H3/t20?,21-,22?,23-,24?,25?/m0/s1. The molecule has 0 radical (unpaired) electrons. The quantitative estimate of drug-likeness (QED) is 0.228. The minimum absolute atomic E-state index is 0.110. The second kappa shape index (κ2) is 13.7. The molecule has 4 unspecified atom stereocenters. The average Bonchev–Trinajstić information content (AvgIpc) is 3.61. The van der Waals surface area contributed by atoms with Gasteiger partial charge in [-0.2, -0.15) is 0 Å². The minimum Gasteiger partial charge on any atom is -0.463 e. The van der Waals surface area contributed by atoms with Crippen molar-refractivity contribution in [2.24, 2.45) is 29.6 Å². The first-order valence-corrected chi connectivity index (χ1v) is 12.9. The second-order valence-electron chi connectivity index (χ2n) is 10.7. The highest BCUT2D eigenvalue weighted by molar-refractivity contribution is 5.69. The van der Waals surface area contributed by atoms with E-state index in [1.54, 1.807) is 0 Å². The molecule has 2 fully saturated rings. The Bertz CT molecular complexity index is 481. The van der Waals surface area contributed by atoms with Crippen molar-refractivity contribution in [3.63, 3.8) is 0 Å². The molecule has 0 amide bonds. The number of hydrogen-bond donors (Lipinski definition) is 1. The van der Waals surface area contributed by atoms with Gasteiger partial charge in [0.25, 0.3) is 0 Å². The van der Waals surface area contributed by atoms with Gasteiger partial charge in [-0.1, -0.05) is 58.8 Å². The summed E-state index contributed by atoms with van der Waals surface area (Å²) in [5.41, 5.74) is 0. The fourth-order valence-electron chi connectivity index (χ4n) is 4.94. The van der Waals surface area contributed by atoms with Crippen LogP contribution in [0.25, 0.3) is 0 Å². The van der Waals surface area contributed by atoms with Gasteiger partial charge in [0.2, 0.25) is 0 Å². The van der Waals surface area contributed by atoms with Crippen LogP contribution in [0.15, 0.2) is 0 Å². The van der Waals surface area contributed by atoms with E-state index in [0.717, 1.165) is 42.4 Å². The second-order valence-corrected chi connectivity index (χ2v) is 10.7. The third-order valence-corrected chi connectivity index (χ3v) is 7.44. The van der Waals surface area contributed by atoms with Crippen LogP contribution in [0.5, 0.6) is 0 Å². The minimum atomic E-state index is -0.592. The van der Waals surface area contributed by atoms with Crippen molar-refractivity contribution in [1.29, 1.82) is 0 Å². The molecule has 0 saturated heterocycles. The van der Waals surface area contributed by atoms with E-state index in [1.807, 2.05) is 19.0 Å². The molecule has 2 rings (SSSR count). The van der Waals surface area contributed by atoms with Crippen LogP contribution in [0.1, 0.15) is 97.3 Å². The highest BCUT2D eigenvalue weighted by Gasteiger charge is 2.44. The molecule has 0 bridgehead atoms. The molecule has 0 heterocycles. The highest BCUT2D eigenvalue weighted by atomic mass is 16.5. The highest BCUT2D eigenvalue weighted by Crippen LogP contribution is 2.54. The van der Waals surface area contributed by atoms with E-state index in [1.165, 1.54) is 64.2 Å². The van der Waals surface area contributed by atoms with E-state index in [-0.39, 0.29) is 12.6 Å². The van der Waals surface area contributed by atoms with Gasteiger partial charge in [-0.15, -0.1) is 0 Å². The first-order chi connectivity index (χ1) is 14.4. The van der Waals surface area contributed by atoms with Crippen LogP contribution in [-0.2, 0) is 9.53 Å². The summed E-state index contributed by atoms with van der Waals surface area (Å²) < 4.78 is 5.15. The zero-order valence-corrected chi connectivity index (χ0v) is 20.3. The maximum Gasteiger partial charge on any atom is 0.305 e. The van der Waals surface area contributed by atoms with Crippen molar-refractivity contribution in [3.8, 4) is 0 Å². The van der Waals surface area contributed by atoms with Crippen LogP contribution >= 0.6 is 0 Å². The molecule has 2 aliphatic carbocycles. The van der Waals surface area contributed by atoms with E-state index < -0.39 is 6.10 Å². The number of ether oxygens (including phenoxy) is 1. The van der Waals surface area contributed by atoms with Gasteiger partial charge in [0.15, 0.2) is 0 Å². The van der Waals surface area contributed by atoms with Gasteiger partial charge in [-0.25, -0.2) is 0 Å². The molecule has 0 aliphatic heterocycles. The summed E-state index contributed by atoms with van der Waals surface area (Å²) in [6.45, 7) is 5.35. The number of aliphatic hydroxyl groups is 1. The van der Waals surface area contributed by atoms with Crippen molar-refractivity contribution in [2.75, 3.05) is 27.2 Å². The Hall–Kier alpha value is -0.610. The number of carbonyl (C=O) groups is 1. The van der Waals surface area contributed by atoms with E-state index in [9.17, 15) is 9.90 Å². The van der Waals surface area contributed by atoms with E-state index >= 15 is 0 Å². The lowest BCUT2D eigenvalue weighted by Gasteiger charge is -2.15. The van der Waals surface area contributed by atoms with Crippen molar-refractivity contribution in [3.05, 3.63) is 0 Å². The summed E-state index contributed by atoms with van der Waals surface area (Å²) in [6.07, 6.45) is 16.1. The van der Waals surface area contributed by atoms with Gasteiger partial charge in [-0.3, -0.25) is 4.79 Å². The molecule has 2 saturated carbocycles. The maximum atomic E-state index is 11.7. The third-order valence-electron chi connectivity index (χ3n) is 7.44. The van der Waals surface area contributed by atoms with Crippen LogP contribution in [0.4, 0.5) is 0 Å². The molecule has 30 heavy (non-hydrogen) atoms. The molecular weight excluding hydrogens is 374 g/mol. The molecule has 0 aromatic rings. The zero-order chi connectivity index (χ0) is 21.9. The molecule has 0 spiro atoms. The number of esters is 1. The first kappa shape index (κ1) is 25.6. The number of nitrogens with zero attached hydrogens (tertiary/aromatic N) is 1. The van der Waals surface area contributed by atoms with Gasteiger partial charge in [-0.05, 0) is 75.8 Å². The molecule has 0 aromatic heterocycles. The predicted octanol–water partition coefficient (Wildman–Crippen LogP) is 5.67. The van der Waals surface area contributed by atoms with Gasteiger partial charge in [0.05, 0.1) is 0 Å². The topological polar surface area (TPSA) is 49.8 Å². The Labute approximate surface area is 186 Å². The average molecular weight is 424 g/mol. The van der Waals surface area contributed by atoms with Gasteiger partial charge < -0.3 is 14.7 Å². The zero-order valence-electron chi connectivity index (χ0n) is 20.3. The lowest BCUT2D eigenvalue weighted by molar-refractivity contribution is -0.147. The SMILES string of the molecule is CCC(C)CCC1CC1C[C@@H]1C[C@@H]1CCCCCCCC(=O)OCC(O)CN(C)C. The monoisotopic (exact) mass is 423 g/mol. The lowest BCUT2D eigenvalue weighted by atomic mass is 9.99. The van der Waals surface area contributed by atoms with Crippen molar-refractivity contribution >= 4 is 5.97 Å². The molecule has 1 N–H and O–H groups in total. The summed E-state index contributed by atoms with van der Waals surface area (Å²) in [6, 6.07) is 0. The van der Waals surface area contributed by atoms with Gasteiger partial charge in [0, 0.05) is 13.0 Å². The maximum absolute atomic E-state index is 11.7. The van der Waals surface area contributed by atoms with Crippen LogP contribution in [0.3, 0.4) is 0 Å². The Morgan fingerprint density at radius 3 is 2.30 bits per heavy atom. The number of likely N-dealkylation sites (N-methyl/N-ethyl adjacent to an activating group) is 1. The number of unbranched alkanes of at least 4 members (excludes halogenated alkanes) is 4. The number of carbonyl (C=O) groups excluding carboxylic acids is 1. The smallest absolute Gasteiger partial charge is 0.305 e. The van der Waals surface area contributed by atoms with E-state index in [0.29, 0.717) is 13.0 Å². The third kappa shape index (κ3) is 11.1. The number of hydrogen-bond acceptors (Lipinski definition) is 4. The molecule has 6 atom stereocenters.